The van der Waals surface area contributed by atoms with Crippen LogP contribution in [0.15, 0.2) is 64.9 Å². The van der Waals surface area contributed by atoms with Crippen molar-refractivity contribution in [2.24, 2.45) is 5.10 Å². The van der Waals surface area contributed by atoms with Gasteiger partial charge in [-0.2, -0.15) is 5.10 Å². The van der Waals surface area contributed by atoms with Crippen molar-refractivity contribution in [3.05, 3.63) is 82.7 Å². The first-order chi connectivity index (χ1) is 16.5. The predicted octanol–water partition coefficient (Wildman–Crippen LogP) is 4.38. The maximum atomic E-state index is 12.5. The molecule has 1 amide bonds. The van der Waals surface area contributed by atoms with Crippen LogP contribution in [0.2, 0.25) is 0 Å². The summed E-state index contributed by atoms with van der Waals surface area (Å²) in [7, 11) is 0. The molecule has 176 valence electrons. The van der Waals surface area contributed by atoms with Crippen LogP contribution in [0.3, 0.4) is 0 Å². The Morgan fingerprint density at radius 1 is 1.00 bits per heavy atom. The van der Waals surface area contributed by atoms with E-state index in [2.05, 4.69) is 37.5 Å². The molecule has 2 heterocycles. The summed E-state index contributed by atoms with van der Waals surface area (Å²) in [5, 5.41) is 5.06. The monoisotopic (exact) mass is 475 g/mol. The maximum Gasteiger partial charge on any atom is 0.271 e. The van der Waals surface area contributed by atoms with E-state index in [0.717, 1.165) is 65.4 Å². The quantitative estimate of drug-likeness (QED) is 0.237. The summed E-state index contributed by atoms with van der Waals surface area (Å²) in [4.78, 5) is 23.8. The van der Waals surface area contributed by atoms with Crippen LogP contribution in [0, 0.1) is 13.8 Å². The second kappa shape index (κ2) is 11.3. The highest BCUT2D eigenvalue weighted by Crippen LogP contribution is 2.20. The van der Waals surface area contributed by atoms with Gasteiger partial charge < -0.3 is 9.64 Å². The van der Waals surface area contributed by atoms with E-state index in [1.165, 1.54) is 5.69 Å². The maximum absolute atomic E-state index is 12.5. The van der Waals surface area contributed by atoms with Gasteiger partial charge in [-0.1, -0.05) is 36.0 Å². The number of hydrogen-bond donors (Lipinski definition) is 1. The molecule has 1 saturated heterocycles. The van der Waals surface area contributed by atoms with Crippen molar-refractivity contribution in [1.82, 2.24) is 15.4 Å². The number of carbonyl (C=O) groups is 1. The van der Waals surface area contributed by atoms with Gasteiger partial charge in [0, 0.05) is 41.5 Å². The fraction of sp³-hybridized carbons (Fsp3) is 0.308. The Labute approximate surface area is 204 Å². The second-order valence-corrected chi connectivity index (χ2v) is 9.15. The Balaban J connectivity index is 1.31. The van der Waals surface area contributed by atoms with Gasteiger partial charge in [0.25, 0.3) is 5.91 Å². The van der Waals surface area contributed by atoms with Crippen LogP contribution in [0.1, 0.15) is 39.8 Å². The zero-order valence-corrected chi connectivity index (χ0v) is 20.6. The average molecular weight is 476 g/mol. The normalized spacial score (nSPS) is 14.2. The van der Waals surface area contributed by atoms with E-state index in [0.29, 0.717) is 5.56 Å². The minimum atomic E-state index is -0.235. The molecule has 0 spiro atoms. The largest absolute Gasteiger partial charge is 0.378 e. The van der Waals surface area contributed by atoms with E-state index in [1.54, 1.807) is 11.8 Å². The second-order valence-electron chi connectivity index (χ2n) is 8.20. The Kier molecular flexibility index (Phi) is 7.92. The molecule has 0 saturated carbocycles. The topological polar surface area (TPSA) is 79.7 Å². The van der Waals surface area contributed by atoms with Crippen molar-refractivity contribution in [3.8, 4) is 0 Å². The van der Waals surface area contributed by atoms with E-state index < -0.39 is 0 Å². The predicted molar refractivity (Wildman–Crippen MR) is 137 cm³/mol. The van der Waals surface area contributed by atoms with Crippen LogP contribution < -0.4 is 10.3 Å². The summed E-state index contributed by atoms with van der Waals surface area (Å²) in [6, 6.07) is 17.7. The molecule has 1 aliphatic heterocycles. The Morgan fingerprint density at radius 3 is 2.26 bits per heavy atom. The Bertz CT molecular complexity index is 1140. The van der Waals surface area contributed by atoms with Crippen molar-refractivity contribution in [1.29, 1.82) is 0 Å². The number of morpholine rings is 1. The molecular formula is C26H29N5O2S. The van der Waals surface area contributed by atoms with E-state index in [1.807, 2.05) is 63.2 Å². The summed E-state index contributed by atoms with van der Waals surface area (Å²) >= 11 is 1.58. The van der Waals surface area contributed by atoms with E-state index in [4.69, 9.17) is 4.74 Å². The van der Waals surface area contributed by atoms with Gasteiger partial charge in [0.1, 0.15) is 0 Å². The number of aryl methyl sites for hydroxylation is 2. The molecule has 1 aromatic heterocycles. The van der Waals surface area contributed by atoms with Crippen LogP contribution in [0.4, 0.5) is 5.69 Å². The fourth-order valence-electron chi connectivity index (χ4n) is 3.66. The molecule has 0 radical (unpaired) electrons. The van der Waals surface area contributed by atoms with Gasteiger partial charge in [-0.15, -0.1) is 0 Å². The van der Waals surface area contributed by atoms with Crippen molar-refractivity contribution < 1.29 is 9.53 Å². The van der Waals surface area contributed by atoms with Gasteiger partial charge in [-0.3, -0.25) is 4.79 Å². The summed E-state index contributed by atoms with van der Waals surface area (Å²) in [5.41, 5.74) is 9.15. The van der Waals surface area contributed by atoms with Crippen LogP contribution in [0.5, 0.6) is 0 Å². The third kappa shape index (κ3) is 6.42. The number of hydrazone groups is 1. The van der Waals surface area contributed by atoms with Gasteiger partial charge in [-0.05, 0) is 62.2 Å². The van der Waals surface area contributed by atoms with Crippen molar-refractivity contribution in [3.63, 3.8) is 0 Å². The van der Waals surface area contributed by atoms with Crippen LogP contribution in [0.25, 0.3) is 0 Å². The van der Waals surface area contributed by atoms with Gasteiger partial charge in [0.2, 0.25) is 0 Å². The first kappa shape index (κ1) is 23.9. The highest BCUT2D eigenvalue weighted by atomic mass is 32.2. The van der Waals surface area contributed by atoms with Gasteiger partial charge in [0.05, 0.1) is 18.9 Å². The molecule has 2 aromatic carbocycles. The average Bonchev–Trinajstić information content (AvgIpc) is 2.86. The summed E-state index contributed by atoms with van der Waals surface area (Å²) in [6.45, 7) is 9.15. The smallest absolute Gasteiger partial charge is 0.271 e. The summed E-state index contributed by atoms with van der Waals surface area (Å²) in [6.07, 6.45) is 0. The Morgan fingerprint density at radius 2 is 1.62 bits per heavy atom. The standard InChI is InChI=1S/C26H29N5O2S/c1-18-16-19(2)28-26(27-18)34-17-21-4-6-23(7-5-21)25(32)30-29-20(3)22-8-10-24(11-9-22)31-12-14-33-15-13-31/h4-11,16H,12-15,17H2,1-3H3,(H,30,32)/b29-20-. The third-order valence-corrected chi connectivity index (χ3v) is 6.45. The van der Waals surface area contributed by atoms with Crippen LogP contribution >= 0.6 is 11.8 Å². The fourth-order valence-corrected chi connectivity index (χ4v) is 4.56. The molecule has 1 aliphatic rings. The number of hydrogen-bond acceptors (Lipinski definition) is 7. The zero-order valence-electron chi connectivity index (χ0n) is 19.7. The molecule has 0 bridgehead atoms. The number of benzene rings is 2. The van der Waals surface area contributed by atoms with Gasteiger partial charge in [0.15, 0.2) is 5.16 Å². The molecule has 4 rings (SSSR count). The lowest BCUT2D eigenvalue weighted by Crippen LogP contribution is -2.36. The molecule has 7 nitrogen and oxygen atoms in total. The molecule has 34 heavy (non-hydrogen) atoms. The lowest BCUT2D eigenvalue weighted by atomic mass is 10.1. The van der Waals surface area contributed by atoms with E-state index >= 15 is 0 Å². The number of aromatic nitrogens is 2. The number of anilines is 1. The number of carbonyl (C=O) groups excluding carboxylic acids is 1. The molecule has 3 aromatic rings. The summed E-state index contributed by atoms with van der Waals surface area (Å²) in [5.74, 6) is 0.504. The minimum Gasteiger partial charge on any atom is -0.378 e. The number of thioether (sulfide) groups is 1. The molecule has 0 aliphatic carbocycles. The van der Waals surface area contributed by atoms with E-state index in [-0.39, 0.29) is 5.91 Å². The lowest BCUT2D eigenvalue weighted by molar-refractivity contribution is 0.0955. The van der Waals surface area contributed by atoms with Crippen LogP contribution in [-0.2, 0) is 10.5 Å². The number of nitrogens with zero attached hydrogens (tertiary/aromatic N) is 4. The Hall–Kier alpha value is -3.23. The first-order valence-electron chi connectivity index (χ1n) is 11.3. The molecule has 0 atom stereocenters. The highest BCUT2D eigenvalue weighted by Gasteiger charge is 2.11. The van der Waals surface area contributed by atoms with Crippen molar-refractivity contribution in [2.75, 3.05) is 31.2 Å². The van der Waals surface area contributed by atoms with Gasteiger partial charge >= 0.3 is 0 Å². The van der Waals surface area contributed by atoms with Crippen LogP contribution in [-0.4, -0.2) is 47.9 Å². The number of amides is 1. The number of rotatable bonds is 7. The molecule has 8 heteroatoms. The first-order valence-corrected chi connectivity index (χ1v) is 12.3. The third-order valence-electron chi connectivity index (χ3n) is 5.53. The molecule has 1 N–H and O–H groups in total. The van der Waals surface area contributed by atoms with E-state index in [9.17, 15) is 4.79 Å². The minimum absolute atomic E-state index is 0.235. The highest BCUT2D eigenvalue weighted by molar-refractivity contribution is 7.98. The number of ether oxygens (including phenoxy) is 1. The van der Waals surface area contributed by atoms with Gasteiger partial charge in [-0.25, -0.2) is 15.4 Å². The molecule has 0 unspecified atom stereocenters. The number of nitrogens with one attached hydrogen (secondary N) is 1. The summed E-state index contributed by atoms with van der Waals surface area (Å²) < 4.78 is 5.41. The molecular weight excluding hydrogens is 446 g/mol. The van der Waals surface area contributed by atoms with Crippen molar-refractivity contribution >= 4 is 29.1 Å². The lowest BCUT2D eigenvalue weighted by Gasteiger charge is -2.28. The molecule has 1 fully saturated rings. The SMILES string of the molecule is C/C(=N/NC(=O)c1ccc(CSc2nc(C)cc(C)n2)cc1)c1ccc(N2CCOCC2)cc1. The zero-order chi connectivity index (χ0) is 23.9. The van der Waals surface area contributed by atoms with Crippen molar-refractivity contribution in [2.45, 2.75) is 31.7 Å².